The van der Waals surface area contributed by atoms with E-state index in [1.54, 1.807) is 0 Å². The summed E-state index contributed by atoms with van der Waals surface area (Å²) in [5.41, 5.74) is 0.668. The van der Waals surface area contributed by atoms with Crippen molar-refractivity contribution in [1.82, 2.24) is 0 Å². The van der Waals surface area contributed by atoms with Crippen molar-refractivity contribution in [3.63, 3.8) is 0 Å². The van der Waals surface area contributed by atoms with Crippen LogP contribution in [0.2, 0.25) is 0 Å². The van der Waals surface area contributed by atoms with Crippen molar-refractivity contribution in [1.29, 1.82) is 0 Å². The van der Waals surface area contributed by atoms with Crippen LogP contribution in [0, 0.1) is 39.9 Å². The summed E-state index contributed by atoms with van der Waals surface area (Å²) in [4.78, 5) is 13.1. The quantitative estimate of drug-likeness (QED) is 0.679. The predicted molar refractivity (Wildman–Crippen MR) is 98.9 cm³/mol. The van der Waals surface area contributed by atoms with Gasteiger partial charge in [0.15, 0.2) is 5.78 Å². The Kier molecular flexibility index (Phi) is 3.45. The summed E-state index contributed by atoms with van der Waals surface area (Å²) in [6, 6.07) is 0. The van der Waals surface area contributed by atoms with Crippen LogP contribution in [0.25, 0.3) is 0 Å². The Morgan fingerprint density at radius 3 is 2.68 bits per heavy atom. The van der Waals surface area contributed by atoms with E-state index < -0.39 is 0 Å². The molecule has 0 bridgehead atoms. The molecule has 0 radical (unpaired) electrons. The van der Waals surface area contributed by atoms with Crippen LogP contribution in [-0.2, 0) is 4.79 Å². The Bertz CT molecular complexity index is 624. The number of rotatable bonds is 0. The van der Waals surface area contributed by atoms with Crippen molar-refractivity contribution >= 4 is 5.78 Å². The average Bonchev–Trinajstić information content (AvgIpc) is 2.97. The molecule has 0 heterocycles. The molecule has 2 nitrogen and oxygen atoms in total. The fourth-order valence-electron chi connectivity index (χ4n) is 8.73. The fraction of sp³-hybridized carbons (Fsp3) is 0.870. The van der Waals surface area contributed by atoms with Gasteiger partial charge >= 0.3 is 0 Å². The largest absolute Gasteiger partial charge is 0.393 e. The standard InChI is InChI=1S/C23H34O2/c1-21-11-9-17-18(22(21,2)12-8-16(24)14-21)10-13-23-15(6-7-19(17)23)4-3-5-20(23)25/h3,5,15-19,24H,4,6-14H2,1-2H3/t15?,16-,17?,18?,19?,21?,22?,23?/m1/s1. The molecule has 138 valence electrons. The molecule has 0 saturated heterocycles. The van der Waals surface area contributed by atoms with Crippen LogP contribution in [0.1, 0.15) is 78.1 Å². The first-order valence-electron chi connectivity index (χ1n) is 10.8. The van der Waals surface area contributed by atoms with Gasteiger partial charge in [-0.1, -0.05) is 19.9 Å². The Hall–Kier alpha value is -0.630. The predicted octanol–water partition coefficient (Wildman–Crippen LogP) is 4.91. The minimum absolute atomic E-state index is 0.00813. The van der Waals surface area contributed by atoms with Crippen molar-refractivity contribution in [2.45, 2.75) is 84.2 Å². The van der Waals surface area contributed by atoms with Crippen molar-refractivity contribution in [2.75, 3.05) is 0 Å². The summed E-state index contributed by atoms with van der Waals surface area (Å²) in [7, 11) is 0. The zero-order valence-corrected chi connectivity index (χ0v) is 16.0. The molecular weight excluding hydrogens is 308 g/mol. The molecule has 5 rings (SSSR count). The first-order valence-corrected chi connectivity index (χ1v) is 10.8. The highest BCUT2D eigenvalue weighted by Gasteiger charge is 2.66. The van der Waals surface area contributed by atoms with Crippen molar-refractivity contribution in [3.8, 4) is 0 Å². The molecule has 1 spiro atoms. The van der Waals surface area contributed by atoms with Crippen LogP contribution in [0.3, 0.4) is 0 Å². The molecule has 2 heteroatoms. The van der Waals surface area contributed by atoms with Gasteiger partial charge in [0.25, 0.3) is 0 Å². The molecule has 1 N–H and O–H groups in total. The molecule has 0 amide bonds. The Morgan fingerprint density at radius 1 is 1.00 bits per heavy atom. The van der Waals surface area contributed by atoms with Gasteiger partial charge < -0.3 is 5.11 Å². The molecule has 7 unspecified atom stereocenters. The molecule has 25 heavy (non-hydrogen) atoms. The number of carbonyl (C=O) groups excluding carboxylic acids is 1. The highest BCUT2D eigenvalue weighted by molar-refractivity contribution is 5.96. The number of aliphatic hydroxyl groups excluding tert-OH is 1. The SMILES string of the molecule is CC12CCC3C4CCC5CC=CC(=O)C54CCC3C1(C)CC[C@@H](O)C2. The minimum Gasteiger partial charge on any atom is -0.393 e. The van der Waals surface area contributed by atoms with E-state index in [0.29, 0.717) is 28.4 Å². The zero-order valence-electron chi connectivity index (χ0n) is 16.0. The van der Waals surface area contributed by atoms with Crippen LogP contribution in [0.15, 0.2) is 12.2 Å². The van der Waals surface area contributed by atoms with E-state index in [1.807, 2.05) is 6.08 Å². The Balaban J connectivity index is 1.51. The van der Waals surface area contributed by atoms with Gasteiger partial charge in [-0.15, -0.1) is 0 Å². The number of aliphatic hydroxyl groups is 1. The van der Waals surface area contributed by atoms with Gasteiger partial charge in [-0.3, -0.25) is 4.79 Å². The third-order valence-corrected chi connectivity index (χ3v) is 10.2. The Morgan fingerprint density at radius 2 is 1.84 bits per heavy atom. The number of hydrogen-bond donors (Lipinski definition) is 1. The van der Waals surface area contributed by atoms with Crippen molar-refractivity contribution < 1.29 is 9.90 Å². The minimum atomic E-state index is -0.0921. The van der Waals surface area contributed by atoms with Crippen molar-refractivity contribution in [3.05, 3.63) is 12.2 Å². The highest BCUT2D eigenvalue weighted by atomic mass is 16.3. The Labute approximate surface area is 152 Å². The van der Waals surface area contributed by atoms with Gasteiger partial charge in [-0.05, 0) is 105 Å². The fourth-order valence-corrected chi connectivity index (χ4v) is 8.73. The summed E-state index contributed by atoms with van der Waals surface area (Å²) in [5.74, 6) is 3.27. The van der Waals surface area contributed by atoms with Crippen LogP contribution in [0.4, 0.5) is 0 Å². The summed E-state index contributed by atoms with van der Waals surface area (Å²) in [5, 5.41) is 10.3. The van der Waals surface area contributed by atoms with Gasteiger partial charge in [-0.2, -0.15) is 0 Å². The second-order valence-corrected chi connectivity index (χ2v) is 10.6. The second kappa shape index (κ2) is 5.21. The average molecular weight is 343 g/mol. The lowest BCUT2D eigenvalue weighted by atomic mass is 9.39. The molecule has 0 aliphatic heterocycles. The highest BCUT2D eigenvalue weighted by Crippen LogP contribution is 2.71. The van der Waals surface area contributed by atoms with E-state index >= 15 is 0 Å². The summed E-state index contributed by atoms with van der Waals surface area (Å²) in [6.45, 7) is 5.00. The van der Waals surface area contributed by atoms with Gasteiger partial charge in [0, 0.05) is 5.41 Å². The van der Waals surface area contributed by atoms with E-state index in [2.05, 4.69) is 19.9 Å². The maximum absolute atomic E-state index is 13.1. The normalized spacial score (nSPS) is 57.4. The van der Waals surface area contributed by atoms with E-state index in [1.165, 1.54) is 38.5 Å². The molecule has 0 aromatic carbocycles. The van der Waals surface area contributed by atoms with Gasteiger partial charge in [0.2, 0.25) is 0 Å². The topological polar surface area (TPSA) is 37.3 Å². The summed E-state index contributed by atoms with van der Waals surface area (Å²) in [6.07, 6.45) is 15.8. The van der Waals surface area contributed by atoms with Crippen LogP contribution in [-0.4, -0.2) is 17.0 Å². The van der Waals surface area contributed by atoms with Gasteiger partial charge in [0.1, 0.15) is 0 Å². The van der Waals surface area contributed by atoms with E-state index in [4.69, 9.17) is 0 Å². The molecule has 5 aliphatic rings. The molecule has 4 saturated carbocycles. The number of ketones is 1. The number of carbonyl (C=O) groups is 1. The molecule has 0 aromatic heterocycles. The lowest BCUT2D eigenvalue weighted by Gasteiger charge is -2.65. The van der Waals surface area contributed by atoms with Gasteiger partial charge in [-0.25, -0.2) is 0 Å². The smallest absolute Gasteiger partial charge is 0.162 e. The first kappa shape index (κ1) is 16.5. The third kappa shape index (κ3) is 1.93. The summed E-state index contributed by atoms with van der Waals surface area (Å²) >= 11 is 0. The maximum Gasteiger partial charge on any atom is 0.162 e. The van der Waals surface area contributed by atoms with E-state index in [0.717, 1.165) is 37.5 Å². The number of fused-ring (bicyclic) bond motifs is 4. The summed E-state index contributed by atoms with van der Waals surface area (Å²) < 4.78 is 0. The first-order chi connectivity index (χ1) is 11.9. The molecular formula is C23H34O2. The van der Waals surface area contributed by atoms with Crippen LogP contribution < -0.4 is 0 Å². The second-order valence-electron chi connectivity index (χ2n) is 10.6. The van der Waals surface area contributed by atoms with Crippen molar-refractivity contribution in [2.24, 2.45) is 39.9 Å². The van der Waals surface area contributed by atoms with E-state index in [9.17, 15) is 9.90 Å². The van der Waals surface area contributed by atoms with Crippen LogP contribution >= 0.6 is 0 Å². The maximum atomic E-state index is 13.1. The third-order valence-electron chi connectivity index (χ3n) is 10.2. The molecule has 8 atom stereocenters. The molecule has 5 aliphatic carbocycles. The zero-order chi connectivity index (χ0) is 17.4. The number of hydrogen-bond acceptors (Lipinski definition) is 2. The van der Waals surface area contributed by atoms with E-state index in [-0.39, 0.29) is 11.5 Å². The number of allylic oxidation sites excluding steroid dienone is 2. The molecule has 4 fully saturated rings. The monoisotopic (exact) mass is 342 g/mol. The lowest BCUT2D eigenvalue weighted by Crippen LogP contribution is -2.59. The van der Waals surface area contributed by atoms with Gasteiger partial charge in [0.05, 0.1) is 6.10 Å². The lowest BCUT2D eigenvalue weighted by molar-refractivity contribution is -0.175. The molecule has 0 aromatic rings. The van der Waals surface area contributed by atoms with Crippen LogP contribution in [0.5, 0.6) is 0 Å².